The number of benzene rings is 4. The summed E-state index contributed by atoms with van der Waals surface area (Å²) < 4.78 is 15.2. The van der Waals surface area contributed by atoms with E-state index in [0.29, 0.717) is 33.0 Å². The number of hydrogen-bond acceptors (Lipinski definition) is 6. The normalized spacial score (nSPS) is 14.6. The number of hydrogen-bond donors (Lipinski definition) is 0. The fourth-order valence-electron chi connectivity index (χ4n) is 5.07. The number of ether oxygens (including phenoxy) is 2. The van der Waals surface area contributed by atoms with Crippen LogP contribution >= 0.6 is 43.2 Å². The Hall–Kier alpha value is -4.05. The molecule has 4 aromatic carbocycles. The lowest BCUT2D eigenvalue weighted by Crippen LogP contribution is -2.39. The highest BCUT2D eigenvalue weighted by Crippen LogP contribution is 2.37. The second-order valence-corrected chi connectivity index (χ2v) is 12.6. The van der Waals surface area contributed by atoms with Crippen LogP contribution in [-0.4, -0.2) is 17.1 Å². The number of halogens is 2. The van der Waals surface area contributed by atoms with E-state index in [1.165, 1.54) is 11.3 Å². The molecule has 220 valence electrons. The van der Waals surface area contributed by atoms with E-state index in [9.17, 15) is 9.59 Å². The lowest BCUT2D eigenvalue weighted by atomic mass is 9.93. The predicted molar refractivity (Wildman–Crippen MR) is 180 cm³/mol. The summed E-state index contributed by atoms with van der Waals surface area (Å²) in [7, 11) is 0. The molecule has 0 aliphatic carbocycles. The lowest BCUT2D eigenvalue weighted by molar-refractivity contribution is -0.138. The van der Waals surface area contributed by atoms with Crippen molar-refractivity contribution in [2.45, 2.75) is 19.6 Å². The molecule has 44 heavy (non-hydrogen) atoms. The molecule has 6 rings (SSSR count). The van der Waals surface area contributed by atoms with Gasteiger partial charge in [-0.1, -0.05) is 102 Å². The van der Waals surface area contributed by atoms with Crippen molar-refractivity contribution >= 4 is 60.9 Å². The van der Waals surface area contributed by atoms with E-state index in [4.69, 9.17) is 14.5 Å². The van der Waals surface area contributed by atoms with Crippen molar-refractivity contribution in [3.63, 3.8) is 0 Å². The molecule has 0 radical (unpaired) electrons. The maximum absolute atomic E-state index is 14.1. The molecule has 1 aliphatic rings. The van der Waals surface area contributed by atoms with Crippen molar-refractivity contribution in [3.8, 4) is 5.75 Å². The second kappa shape index (κ2) is 13.3. The Balaban J connectivity index is 1.48. The third-order valence-electron chi connectivity index (χ3n) is 7.03. The quantitative estimate of drug-likeness (QED) is 0.161. The molecule has 0 bridgehead atoms. The molecule has 1 aliphatic heterocycles. The molecule has 0 unspecified atom stereocenters. The monoisotopic (exact) mass is 728 g/mol. The van der Waals surface area contributed by atoms with Gasteiger partial charge in [-0.25, -0.2) is 9.79 Å². The number of nitrogens with zero attached hydrogens (tertiary/aromatic N) is 2. The third-order valence-corrected chi connectivity index (χ3v) is 9.19. The number of esters is 1. The molecule has 0 saturated carbocycles. The molecule has 0 N–H and O–H groups in total. The number of fused-ring (bicyclic) bond motifs is 1. The van der Waals surface area contributed by atoms with Crippen LogP contribution in [0.15, 0.2) is 127 Å². The molecule has 1 aromatic heterocycles. The molecule has 0 saturated heterocycles. The van der Waals surface area contributed by atoms with E-state index >= 15 is 0 Å². The minimum Gasteiger partial charge on any atom is -0.487 e. The van der Waals surface area contributed by atoms with E-state index in [0.717, 1.165) is 31.2 Å². The summed E-state index contributed by atoms with van der Waals surface area (Å²) in [5.74, 6) is 0.167. The van der Waals surface area contributed by atoms with Gasteiger partial charge in [-0.15, -0.1) is 0 Å². The smallest absolute Gasteiger partial charge is 0.338 e. The summed E-state index contributed by atoms with van der Waals surface area (Å²) in [6.07, 6.45) is 1.83. The zero-order valence-electron chi connectivity index (χ0n) is 23.6. The van der Waals surface area contributed by atoms with Gasteiger partial charge in [0, 0.05) is 5.56 Å². The lowest BCUT2D eigenvalue weighted by Gasteiger charge is -2.25. The zero-order chi connectivity index (χ0) is 30.6. The fourth-order valence-corrected chi connectivity index (χ4v) is 7.52. The third kappa shape index (κ3) is 6.13. The number of thiazole rings is 1. The zero-order valence-corrected chi connectivity index (χ0v) is 27.6. The van der Waals surface area contributed by atoms with Crippen LogP contribution in [0, 0.1) is 0 Å². The highest BCUT2D eigenvalue weighted by atomic mass is 79.9. The number of carbonyl (C=O) groups excluding carboxylic acids is 1. The number of aromatic nitrogens is 1. The summed E-state index contributed by atoms with van der Waals surface area (Å²) in [6, 6.07) is 32.1. The molecular weight excluding hydrogens is 704 g/mol. The van der Waals surface area contributed by atoms with Crippen molar-refractivity contribution in [1.29, 1.82) is 0 Å². The first-order valence-electron chi connectivity index (χ1n) is 13.9. The summed E-state index contributed by atoms with van der Waals surface area (Å²) in [5, 5.41) is 0. The Kier molecular flexibility index (Phi) is 9.07. The SMILES string of the molecule is CCOC(=O)C1=C(c2ccccc2)N=c2s/c(=C\c3cc(Br)c(OCc4ccccc4)c(Br)c3)c(=O)n2[C@H]1c1ccccc1. The maximum atomic E-state index is 14.1. The van der Waals surface area contributed by atoms with Gasteiger partial charge in [0.15, 0.2) is 4.80 Å². The van der Waals surface area contributed by atoms with Crippen LogP contribution in [0.25, 0.3) is 11.8 Å². The van der Waals surface area contributed by atoms with E-state index in [1.54, 1.807) is 11.5 Å². The Morgan fingerprint density at radius 3 is 2.18 bits per heavy atom. The Morgan fingerprint density at radius 1 is 0.932 bits per heavy atom. The molecule has 2 heterocycles. The van der Waals surface area contributed by atoms with Gasteiger partial charge >= 0.3 is 5.97 Å². The molecule has 0 spiro atoms. The molecule has 0 fully saturated rings. The topological polar surface area (TPSA) is 69.9 Å². The van der Waals surface area contributed by atoms with Crippen LogP contribution < -0.4 is 19.6 Å². The second-order valence-electron chi connectivity index (χ2n) is 9.93. The Morgan fingerprint density at radius 2 is 1.55 bits per heavy atom. The van der Waals surface area contributed by atoms with Crippen LogP contribution in [0.4, 0.5) is 0 Å². The molecular formula is C35H26Br2N2O4S. The van der Waals surface area contributed by atoms with Crippen molar-refractivity contribution in [1.82, 2.24) is 4.57 Å². The molecule has 9 heteroatoms. The van der Waals surface area contributed by atoms with E-state index in [2.05, 4.69) is 31.9 Å². The standard InChI is InChI=1S/C35H26Br2N2O4S/c1-2-42-34(41)29-30(24-14-8-4-9-15-24)38-35-39(31(29)25-16-10-5-11-17-25)33(40)28(44-35)20-23-18-26(36)32(27(37)19-23)43-21-22-12-6-3-7-13-22/h3-20,31H,2,21H2,1H3/b28-20-/t31-/m0/s1. The highest BCUT2D eigenvalue weighted by Gasteiger charge is 2.35. The summed E-state index contributed by atoms with van der Waals surface area (Å²) in [5.41, 5.74) is 4.00. The molecule has 5 aromatic rings. The van der Waals surface area contributed by atoms with Gasteiger partial charge in [0.25, 0.3) is 5.56 Å². The van der Waals surface area contributed by atoms with Crippen molar-refractivity contribution in [2.75, 3.05) is 6.61 Å². The first kappa shape index (κ1) is 30.0. The largest absolute Gasteiger partial charge is 0.487 e. The number of rotatable bonds is 8. The predicted octanol–water partition coefficient (Wildman–Crippen LogP) is 7.04. The van der Waals surface area contributed by atoms with Gasteiger partial charge in [0.05, 0.1) is 37.4 Å². The van der Waals surface area contributed by atoms with Gasteiger partial charge < -0.3 is 9.47 Å². The molecule has 6 nitrogen and oxygen atoms in total. The van der Waals surface area contributed by atoms with Crippen molar-refractivity contribution < 1.29 is 14.3 Å². The Labute approximate surface area is 274 Å². The maximum Gasteiger partial charge on any atom is 0.338 e. The van der Waals surface area contributed by atoms with Crippen molar-refractivity contribution in [3.05, 3.63) is 160 Å². The summed E-state index contributed by atoms with van der Waals surface area (Å²) >= 11 is 8.57. The van der Waals surface area contributed by atoms with Gasteiger partial charge in [-0.05, 0) is 73.7 Å². The van der Waals surface area contributed by atoms with Crippen LogP contribution in [0.2, 0.25) is 0 Å². The van der Waals surface area contributed by atoms with E-state index in [-0.39, 0.29) is 12.2 Å². The average molecular weight is 730 g/mol. The van der Waals surface area contributed by atoms with Crippen LogP contribution in [0.1, 0.15) is 35.2 Å². The fraction of sp³-hybridized carbons (Fsp3) is 0.114. The van der Waals surface area contributed by atoms with Crippen LogP contribution in [0.5, 0.6) is 5.75 Å². The number of carbonyl (C=O) groups is 1. The van der Waals surface area contributed by atoms with E-state index in [1.807, 2.05) is 109 Å². The van der Waals surface area contributed by atoms with Gasteiger partial charge in [-0.3, -0.25) is 9.36 Å². The van der Waals surface area contributed by atoms with E-state index < -0.39 is 12.0 Å². The first-order chi connectivity index (χ1) is 21.4. The molecule has 0 amide bonds. The highest BCUT2D eigenvalue weighted by molar-refractivity contribution is 9.11. The average Bonchev–Trinajstić information content (AvgIpc) is 3.35. The van der Waals surface area contributed by atoms with Gasteiger partial charge in [0.2, 0.25) is 0 Å². The Bertz CT molecular complexity index is 2020. The molecule has 1 atom stereocenters. The minimum atomic E-state index is -0.712. The first-order valence-corrected chi connectivity index (χ1v) is 16.3. The van der Waals surface area contributed by atoms with Gasteiger partial charge in [-0.2, -0.15) is 0 Å². The summed E-state index contributed by atoms with van der Waals surface area (Å²) in [6.45, 7) is 2.38. The summed E-state index contributed by atoms with van der Waals surface area (Å²) in [4.78, 5) is 33.1. The van der Waals surface area contributed by atoms with Gasteiger partial charge in [0.1, 0.15) is 12.4 Å². The minimum absolute atomic E-state index is 0.200. The van der Waals surface area contributed by atoms with Crippen molar-refractivity contribution in [2.24, 2.45) is 4.99 Å². The van der Waals surface area contributed by atoms with Crippen LogP contribution in [0.3, 0.4) is 0 Å². The van der Waals surface area contributed by atoms with Crippen LogP contribution in [-0.2, 0) is 16.1 Å².